The summed E-state index contributed by atoms with van der Waals surface area (Å²) in [7, 11) is -2.71. The van der Waals surface area contributed by atoms with E-state index in [9.17, 15) is 9.59 Å². The Hall–Kier alpha value is -3.20. The van der Waals surface area contributed by atoms with Gasteiger partial charge in [0.05, 0.1) is 5.56 Å². The molecule has 0 aliphatic rings. The smallest absolute Gasteiger partial charge is 0.292 e. The molecule has 0 spiro atoms. The van der Waals surface area contributed by atoms with E-state index in [1.165, 1.54) is 11.8 Å². The number of hydrogen-bond donors (Lipinski definition) is 0. The molecule has 5 heteroatoms. The van der Waals surface area contributed by atoms with Crippen LogP contribution in [0.25, 0.3) is 0 Å². The Bertz CT molecular complexity index is 1110. The summed E-state index contributed by atoms with van der Waals surface area (Å²) in [5.41, 5.74) is 1.47. The molecule has 4 rings (SSSR count). The second kappa shape index (κ2) is 10.6. The molecule has 0 aliphatic carbocycles. The standard InChI is InChI=1S/C28H24O3PS/c1-22(29)33-21-23-17-19-24(20-18-23)28(30)31-32(25-11-5-2-6-12-25,26-13-7-3-8-14-26)27-15-9-4-10-16-27/h2-20H,21H2,1H3/q+1. The number of benzene rings is 4. The summed E-state index contributed by atoms with van der Waals surface area (Å²) in [5, 5.41) is 3.00. The van der Waals surface area contributed by atoms with Crippen molar-refractivity contribution in [3.05, 3.63) is 126 Å². The molecule has 33 heavy (non-hydrogen) atoms. The van der Waals surface area contributed by atoms with Gasteiger partial charge in [-0.25, -0.2) is 4.79 Å². The molecule has 0 aromatic heterocycles. The van der Waals surface area contributed by atoms with Crippen molar-refractivity contribution < 1.29 is 14.1 Å². The fraction of sp³-hybridized carbons (Fsp3) is 0.0714. The minimum atomic E-state index is -2.71. The van der Waals surface area contributed by atoms with Crippen LogP contribution in [0, 0.1) is 0 Å². The van der Waals surface area contributed by atoms with E-state index in [2.05, 4.69) is 0 Å². The van der Waals surface area contributed by atoms with Crippen molar-refractivity contribution in [3.8, 4) is 0 Å². The summed E-state index contributed by atoms with van der Waals surface area (Å²) >= 11 is 1.25. The zero-order valence-corrected chi connectivity index (χ0v) is 20.0. The fourth-order valence-corrected chi connectivity index (χ4v) is 7.52. The Morgan fingerprint density at radius 2 is 1.09 bits per heavy atom. The minimum Gasteiger partial charge on any atom is -0.292 e. The fourth-order valence-electron chi connectivity index (χ4n) is 3.62. The average Bonchev–Trinajstić information content (AvgIpc) is 2.88. The van der Waals surface area contributed by atoms with Crippen LogP contribution in [0.1, 0.15) is 22.8 Å². The number of hydrogen-bond acceptors (Lipinski definition) is 4. The van der Waals surface area contributed by atoms with Crippen molar-refractivity contribution in [2.75, 3.05) is 0 Å². The van der Waals surface area contributed by atoms with Gasteiger partial charge in [0.2, 0.25) is 0 Å². The quantitative estimate of drug-likeness (QED) is 0.332. The molecule has 3 nitrogen and oxygen atoms in total. The van der Waals surface area contributed by atoms with Crippen LogP contribution < -0.4 is 15.9 Å². The maximum atomic E-state index is 13.5. The topological polar surface area (TPSA) is 43.4 Å². The molecule has 0 heterocycles. The zero-order chi connectivity index (χ0) is 23.1. The van der Waals surface area contributed by atoms with E-state index >= 15 is 0 Å². The maximum Gasteiger partial charge on any atom is 0.382 e. The van der Waals surface area contributed by atoms with Crippen LogP contribution in [0.3, 0.4) is 0 Å². The molecule has 0 N–H and O–H groups in total. The monoisotopic (exact) mass is 471 g/mol. The van der Waals surface area contributed by atoms with Gasteiger partial charge in [-0.3, -0.25) is 9.32 Å². The Balaban J connectivity index is 1.77. The molecular formula is C28H24O3PS+. The van der Waals surface area contributed by atoms with Crippen molar-refractivity contribution in [2.45, 2.75) is 12.7 Å². The first-order valence-electron chi connectivity index (χ1n) is 10.6. The highest BCUT2D eigenvalue weighted by Gasteiger charge is 2.51. The molecule has 0 atom stereocenters. The van der Waals surface area contributed by atoms with Gasteiger partial charge in [-0.1, -0.05) is 78.5 Å². The molecular weight excluding hydrogens is 447 g/mol. The van der Waals surface area contributed by atoms with Gasteiger partial charge in [-0.2, -0.15) is 0 Å². The number of thioether (sulfide) groups is 1. The summed E-state index contributed by atoms with van der Waals surface area (Å²) in [4.78, 5) is 24.7. The maximum absolute atomic E-state index is 13.5. The molecule has 0 radical (unpaired) electrons. The number of rotatable bonds is 7. The Labute approximate surface area is 199 Å². The van der Waals surface area contributed by atoms with Gasteiger partial charge in [0.25, 0.3) is 7.49 Å². The van der Waals surface area contributed by atoms with Gasteiger partial charge in [0.1, 0.15) is 15.9 Å². The van der Waals surface area contributed by atoms with Gasteiger partial charge < -0.3 is 0 Å². The average molecular weight is 472 g/mol. The lowest BCUT2D eigenvalue weighted by atomic mass is 10.1. The number of carbonyl (C=O) groups is 2. The lowest BCUT2D eigenvalue weighted by Crippen LogP contribution is -2.34. The van der Waals surface area contributed by atoms with Crippen LogP contribution >= 0.6 is 19.3 Å². The third kappa shape index (κ3) is 5.24. The Morgan fingerprint density at radius 3 is 1.48 bits per heavy atom. The van der Waals surface area contributed by atoms with E-state index in [-0.39, 0.29) is 11.1 Å². The van der Waals surface area contributed by atoms with Crippen LogP contribution in [-0.2, 0) is 15.1 Å². The van der Waals surface area contributed by atoms with E-state index in [0.29, 0.717) is 11.3 Å². The van der Waals surface area contributed by atoms with Crippen molar-refractivity contribution in [3.63, 3.8) is 0 Å². The SMILES string of the molecule is CC(=O)SCc1ccc(C(=O)O[P+](c2ccccc2)(c2ccccc2)c2ccccc2)cc1. The third-order valence-electron chi connectivity index (χ3n) is 5.21. The van der Waals surface area contributed by atoms with Gasteiger partial charge in [0.15, 0.2) is 5.12 Å². The van der Waals surface area contributed by atoms with Crippen molar-refractivity contribution in [1.29, 1.82) is 0 Å². The summed E-state index contributed by atoms with van der Waals surface area (Å²) < 4.78 is 6.53. The predicted molar refractivity (Wildman–Crippen MR) is 139 cm³/mol. The van der Waals surface area contributed by atoms with E-state index < -0.39 is 7.49 Å². The van der Waals surface area contributed by atoms with Gasteiger partial charge in [0, 0.05) is 12.7 Å². The highest BCUT2D eigenvalue weighted by atomic mass is 32.2. The molecule has 4 aromatic rings. The van der Waals surface area contributed by atoms with Crippen molar-refractivity contribution in [2.24, 2.45) is 0 Å². The molecule has 164 valence electrons. The van der Waals surface area contributed by atoms with Crippen LogP contribution in [0.5, 0.6) is 0 Å². The largest absolute Gasteiger partial charge is 0.382 e. The summed E-state index contributed by atoms with van der Waals surface area (Å²) in [5.74, 6) is 0.213. The Morgan fingerprint density at radius 1 is 0.667 bits per heavy atom. The molecule has 0 saturated carbocycles. The molecule has 0 fully saturated rings. The third-order valence-corrected chi connectivity index (χ3v) is 9.61. The van der Waals surface area contributed by atoms with Gasteiger partial charge in [-0.05, 0) is 54.1 Å². The predicted octanol–water partition coefficient (Wildman–Crippen LogP) is 5.53. The van der Waals surface area contributed by atoms with E-state index in [1.807, 2.05) is 103 Å². The molecule has 0 aliphatic heterocycles. The Kier molecular flexibility index (Phi) is 7.39. The van der Waals surface area contributed by atoms with Gasteiger partial charge in [-0.15, -0.1) is 0 Å². The minimum absolute atomic E-state index is 0.0710. The van der Waals surface area contributed by atoms with E-state index in [0.717, 1.165) is 21.5 Å². The summed E-state index contributed by atoms with van der Waals surface area (Å²) in [6.07, 6.45) is 0. The van der Waals surface area contributed by atoms with Crippen molar-refractivity contribution in [1.82, 2.24) is 0 Å². The molecule has 0 saturated heterocycles. The molecule has 0 bridgehead atoms. The summed E-state index contributed by atoms with van der Waals surface area (Å²) in [6.45, 7) is 1.55. The first-order valence-corrected chi connectivity index (χ1v) is 13.3. The van der Waals surface area contributed by atoms with Crippen LogP contribution in [0.4, 0.5) is 0 Å². The first-order chi connectivity index (χ1) is 16.1. The summed E-state index contributed by atoms with van der Waals surface area (Å²) in [6, 6.07) is 37.2. The highest BCUT2D eigenvalue weighted by Crippen LogP contribution is 2.56. The van der Waals surface area contributed by atoms with Crippen LogP contribution in [0.2, 0.25) is 0 Å². The van der Waals surface area contributed by atoms with Crippen molar-refractivity contribution >= 4 is 46.2 Å². The molecule has 4 aromatic carbocycles. The second-order valence-electron chi connectivity index (χ2n) is 7.47. The van der Waals surface area contributed by atoms with Gasteiger partial charge >= 0.3 is 5.97 Å². The van der Waals surface area contributed by atoms with E-state index in [4.69, 9.17) is 4.52 Å². The normalized spacial score (nSPS) is 11.1. The molecule has 0 unspecified atom stereocenters. The van der Waals surface area contributed by atoms with E-state index in [1.54, 1.807) is 19.1 Å². The number of carbonyl (C=O) groups excluding carboxylic acids is 2. The first kappa shape index (κ1) is 23.0. The highest BCUT2D eigenvalue weighted by molar-refractivity contribution is 8.12. The van der Waals surface area contributed by atoms with Crippen LogP contribution in [-0.4, -0.2) is 11.1 Å². The lowest BCUT2D eigenvalue weighted by molar-refractivity contribution is -0.109. The zero-order valence-electron chi connectivity index (χ0n) is 18.3. The lowest BCUT2D eigenvalue weighted by Gasteiger charge is -2.25. The van der Waals surface area contributed by atoms with Crippen LogP contribution in [0.15, 0.2) is 115 Å². The molecule has 0 amide bonds. The second-order valence-corrected chi connectivity index (χ2v) is 11.6.